The molecule has 2 heterocycles. The van der Waals surface area contributed by atoms with Crippen LogP contribution in [0.4, 0.5) is 11.5 Å². The fourth-order valence-electron chi connectivity index (χ4n) is 1.22. The van der Waals surface area contributed by atoms with Crippen molar-refractivity contribution in [1.82, 2.24) is 15.2 Å². The summed E-state index contributed by atoms with van der Waals surface area (Å²) in [6.07, 6.45) is 1.61. The minimum Gasteiger partial charge on any atom is -0.398 e. The van der Waals surface area contributed by atoms with Crippen LogP contribution in [0, 0.1) is 0 Å². The number of fused-ring (bicyclic) bond motifs is 1. The van der Waals surface area contributed by atoms with Gasteiger partial charge in [0.2, 0.25) is 0 Å². The third-order valence-corrected chi connectivity index (χ3v) is 1.98. The van der Waals surface area contributed by atoms with Crippen molar-refractivity contribution < 1.29 is 0 Å². The van der Waals surface area contributed by atoms with E-state index in [4.69, 9.17) is 5.73 Å². The van der Waals surface area contributed by atoms with Crippen molar-refractivity contribution in [2.75, 3.05) is 24.7 Å². The fourth-order valence-corrected chi connectivity index (χ4v) is 1.22. The zero-order valence-electron chi connectivity index (χ0n) is 8.10. The molecule has 0 spiro atoms. The Morgan fingerprint density at radius 1 is 1.36 bits per heavy atom. The first-order valence-electron chi connectivity index (χ1n) is 4.24. The molecule has 0 aliphatic heterocycles. The number of aromatic nitrogens is 3. The molecule has 0 aliphatic carbocycles. The number of nitrogen functional groups attached to an aromatic ring is 1. The van der Waals surface area contributed by atoms with Gasteiger partial charge in [-0.05, 0) is 6.07 Å². The summed E-state index contributed by atoms with van der Waals surface area (Å²) < 4.78 is 0. The van der Waals surface area contributed by atoms with Gasteiger partial charge in [0, 0.05) is 31.2 Å². The lowest BCUT2D eigenvalue weighted by Gasteiger charge is -2.12. The second kappa shape index (κ2) is 3.10. The van der Waals surface area contributed by atoms with E-state index in [2.05, 4.69) is 15.2 Å². The van der Waals surface area contributed by atoms with Gasteiger partial charge in [0.05, 0.1) is 6.20 Å². The predicted molar refractivity (Wildman–Crippen MR) is 56.1 cm³/mol. The highest BCUT2D eigenvalue weighted by Gasteiger charge is 2.04. The van der Waals surface area contributed by atoms with E-state index in [1.165, 1.54) is 0 Å². The molecule has 0 saturated carbocycles. The average molecular weight is 189 g/mol. The Morgan fingerprint density at radius 3 is 2.86 bits per heavy atom. The number of hydrogen-bond acceptors (Lipinski definition) is 5. The Balaban J connectivity index is 2.72. The molecule has 72 valence electrons. The van der Waals surface area contributed by atoms with Crippen molar-refractivity contribution in [2.45, 2.75) is 0 Å². The lowest BCUT2D eigenvalue weighted by Crippen LogP contribution is -2.11. The van der Waals surface area contributed by atoms with Crippen molar-refractivity contribution in [1.29, 1.82) is 0 Å². The summed E-state index contributed by atoms with van der Waals surface area (Å²) in [4.78, 5) is 6.19. The second-order valence-electron chi connectivity index (χ2n) is 3.23. The van der Waals surface area contributed by atoms with Crippen molar-refractivity contribution >= 4 is 22.5 Å². The van der Waals surface area contributed by atoms with E-state index in [1.54, 1.807) is 6.20 Å². The van der Waals surface area contributed by atoms with Crippen LogP contribution in [0.1, 0.15) is 0 Å². The van der Waals surface area contributed by atoms with Gasteiger partial charge < -0.3 is 10.6 Å². The van der Waals surface area contributed by atoms with Crippen molar-refractivity contribution in [2.24, 2.45) is 0 Å². The number of pyridine rings is 1. The van der Waals surface area contributed by atoms with Crippen LogP contribution in [0.5, 0.6) is 0 Å². The number of rotatable bonds is 1. The average Bonchev–Trinajstić information content (AvgIpc) is 2.17. The van der Waals surface area contributed by atoms with Crippen LogP contribution in [-0.2, 0) is 0 Å². The molecule has 0 atom stereocenters. The summed E-state index contributed by atoms with van der Waals surface area (Å²) in [5.41, 5.74) is 7.11. The molecule has 0 amide bonds. The maximum atomic E-state index is 5.86. The van der Waals surface area contributed by atoms with Gasteiger partial charge >= 0.3 is 0 Å². The second-order valence-corrected chi connectivity index (χ2v) is 3.23. The molecule has 14 heavy (non-hydrogen) atoms. The monoisotopic (exact) mass is 189 g/mol. The molecular formula is C9H11N5. The van der Waals surface area contributed by atoms with Gasteiger partial charge in [0.15, 0.2) is 5.65 Å². The molecule has 5 heteroatoms. The van der Waals surface area contributed by atoms with Crippen LogP contribution in [0.3, 0.4) is 0 Å². The predicted octanol–water partition coefficient (Wildman–Crippen LogP) is 0.673. The van der Waals surface area contributed by atoms with E-state index in [-0.39, 0.29) is 0 Å². The highest BCUT2D eigenvalue weighted by Crippen LogP contribution is 2.21. The summed E-state index contributed by atoms with van der Waals surface area (Å²) in [6.45, 7) is 0. The minimum absolute atomic E-state index is 0.580. The third-order valence-electron chi connectivity index (χ3n) is 1.98. The topological polar surface area (TPSA) is 67.9 Å². The van der Waals surface area contributed by atoms with E-state index in [0.29, 0.717) is 11.3 Å². The summed E-state index contributed by atoms with van der Waals surface area (Å²) in [5.74, 6) is 0.788. The molecule has 0 saturated heterocycles. The van der Waals surface area contributed by atoms with E-state index >= 15 is 0 Å². The summed E-state index contributed by atoms with van der Waals surface area (Å²) in [6, 6.07) is 3.63. The maximum absolute atomic E-state index is 5.86. The first kappa shape index (κ1) is 8.68. The molecule has 5 nitrogen and oxygen atoms in total. The van der Waals surface area contributed by atoms with Gasteiger partial charge in [-0.25, -0.2) is 4.98 Å². The Kier molecular flexibility index (Phi) is 1.92. The molecule has 2 aromatic rings. The van der Waals surface area contributed by atoms with E-state index in [1.807, 2.05) is 31.1 Å². The number of hydrogen-bond donors (Lipinski definition) is 1. The zero-order valence-corrected chi connectivity index (χ0v) is 8.10. The molecule has 0 aliphatic rings. The minimum atomic E-state index is 0.580. The molecule has 0 radical (unpaired) electrons. The Morgan fingerprint density at radius 2 is 2.14 bits per heavy atom. The van der Waals surface area contributed by atoms with Gasteiger partial charge in [-0.2, -0.15) is 5.10 Å². The van der Waals surface area contributed by atoms with Gasteiger partial charge in [-0.3, -0.25) is 0 Å². The molecule has 0 bridgehead atoms. The van der Waals surface area contributed by atoms with Crippen molar-refractivity contribution in [3.05, 3.63) is 18.3 Å². The Bertz CT molecular complexity index is 466. The smallest absolute Gasteiger partial charge is 0.185 e. The fraction of sp³-hybridized carbons (Fsp3) is 0.222. The van der Waals surface area contributed by atoms with Crippen LogP contribution in [-0.4, -0.2) is 29.3 Å². The number of nitrogens with two attached hydrogens (primary N) is 1. The van der Waals surface area contributed by atoms with Crippen LogP contribution in [0.15, 0.2) is 18.3 Å². The number of nitrogens with zero attached hydrogens (tertiary/aromatic N) is 4. The van der Waals surface area contributed by atoms with Crippen molar-refractivity contribution in [3.63, 3.8) is 0 Å². The molecule has 0 fully saturated rings. The maximum Gasteiger partial charge on any atom is 0.185 e. The van der Waals surface area contributed by atoms with E-state index < -0.39 is 0 Å². The summed E-state index contributed by atoms with van der Waals surface area (Å²) in [5, 5.41) is 8.52. The van der Waals surface area contributed by atoms with E-state index in [0.717, 1.165) is 11.2 Å². The Labute approximate surface area is 81.6 Å². The van der Waals surface area contributed by atoms with Crippen LogP contribution < -0.4 is 10.6 Å². The largest absolute Gasteiger partial charge is 0.398 e. The summed E-state index contributed by atoms with van der Waals surface area (Å²) in [7, 11) is 3.81. The molecule has 2 rings (SSSR count). The zero-order chi connectivity index (χ0) is 10.1. The van der Waals surface area contributed by atoms with Crippen LogP contribution >= 0.6 is 0 Å². The quantitative estimate of drug-likeness (QED) is 0.714. The van der Waals surface area contributed by atoms with E-state index in [9.17, 15) is 0 Å². The lowest BCUT2D eigenvalue weighted by atomic mass is 10.2. The number of anilines is 2. The molecule has 0 aromatic carbocycles. The molecule has 0 unspecified atom stereocenters. The lowest BCUT2D eigenvalue weighted by molar-refractivity contribution is 1.03. The van der Waals surface area contributed by atoms with Crippen molar-refractivity contribution in [3.8, 4) is 0 Å². The Hall–Kier alpha value is -1.91. The van der Waals surface area contributed by atoms with Gasteiger partial charge in [-0.15, -0.1) is 5.10 Å². The molecule has 2 aromatic heterocycles. The third kappa shape index (κ3) is 1.32. The van der Waals surface area contributed by atoms with Crippen LogP contribution in [0.2, 0.25) is 0 Å². The van der Waals surface area contributed by atoms with Gasteiger partial charge in [0.1, 0.15) is 5.82 Å². The SMILES string of the molecule is CN(C)c1cc(N)c2ccnnc2n1. The summed E-state index contributed by atoms with van der Waals surface area (Å²) >= 11 is 0. The molecule has 2 N–H and O–H groups in total. The highest BCUT2D eigenvalue weighted by molar-refractivity contribution is 5.88. The standard InChI is InChI=1S/C9H11N5/c1-14(2)8-5-7(10)6-3-4-11-13-9(6)12-8/h3-5H,1-2H3,(H2,10,12,13). The van der Waals surface area contributed by atoms with Gasteiger partial charge in [0.25, 0.3) is 0 Å². The first-order chi connectivity index (χ1) is 6.68. The van der Waals surface area contributed by atoms with Gasteiger partial charge in [-0.1, -0.05) is 0 Å². The van der Waals surface area contributed by atoms with Crippen LogP contribution in [0.25, 0.3) is 11.0 Å². The highest BCUT2D eigenvalue weighted by atomic mass is 15.2. The first-order valence-corrected chi connectivity index (χ1v) is 4.24. The molecular weight excluding hydrogens is 178 g/mol. The normalized spacial score (nSPS) is 10.4.